The van der Waals surface area contributed by atoms with Crippen molar-refractivity contribution in [3.8, 4) is 0 Å². The first-order valence-electron chi connectivity index (χ1n) is 11.1. The van der Waals surface area contributed by atoms with Gasteiger partial charge in [0.1, 0.15) is 6.04 Å². The number of aromatic nitrogens is 1. The van der Waals surface area contributed by atoms with Crippen LogP contribution in [0, 0.1) is 0 Å². The molecule has 2 aromatic carbocycles. The Kier molecular flexibility index (Phi) is 7.05. The third-order valence-corrected chi connectivity index (χ3v) is 7.27. The average Bonchev–Trinajstić information content (AvgIpc) is 3.14. The van der Waals surface area contributed by atoms with Gasteiger partial charge in [0.2, 0.25) is 0 Å². The summed E-state index contributed by atoms with van der Waals surface area (Å²) in [6.45, 7) is 7.85. The lowest BCUT2D eigenvalue weighted by molar-refractivity contribution is -0.136. The molecule has 8 heteroatoms. The van der Waals surface area contributed by atoms with Gasteiger partial charge >= 0.3 is 5.97 Å². The monoisotopic (exact) mass is 495 g/mol. The van der Waals surface area contributed by atoms with Crippen molar-refractivity contribution in [3.05, 3.63) is 95.6 Å². The zero-order chi connectivity index (χ0) is 24.4. The number of ether oxygens (including phenoxy) is 1. The van der Waals surface area contributed by atoms with Crippen molar-refractivity contribution in [3.63, 3.8) is 0 Å². The van der Waals surface area contributed by atoms with Crippen LogP contribution in [0.2, 0.25) is 5.02 Å². The SMILES string of the molecule is CCN(CC)c1ccc(/C=c2/sc3n(c2=O)[C@@H](c2ccccc2Cl)C(C(=O)OC)=C(C)N=3)cc1. The number of carbonyl (C=O) groups is 1. The summed E-state index contributed by atoms with van der Waals surface area (Å²) < 4.78 is 7.11. The molecule has 1 aliphatic heterocycles. The molecule has 0 saturated carbocycles. The summed E-state index contributed by atoms with van der Waals surface area (Å²) >= 11 is 7.80. The Morgan fingerprint density at radius 1 is 1.18 bits per heavy atom. The van der Waals surface area contributed by atoms with Crippen LogP contribution >= 0.6 is 22.9 Å². The minimum absolute atomic E-state index is 0.226. The number of anilines is 1. The van der Waals surface area contributed by atoms with Gasteiger partial charge in [0.25, 0.3) is 5.56 Å². The second-order valence-electron chi connectivity index (χ2n) is 7.86. The molecule has 0 aliphatic carbocycles. The standard InChI is InChI=1S/C26H26ClN3O3S/c1-5-29(6-2)18-13-11-17(12-14-18)15-21-24(31)30-23(19-9-7-8-10-20(19)27)22(25(32)33-4)16(3)28-26(30)34-21/h7-15,23H,5-6H2,1-4H3/b21-15+/t23-/m0/s1. The minimum Gasteiger partial charge on any atom is -0.466 e. The summed E-state index contributed by atoms with van der Waals surface area (Å²) in [6, 6.07) is 14.6. The molecular weight excluding hydrogens is 470 g/mol. The van der Waals surface area contributed by atoms with Gasteiger partial charge in [0.05, 0.1) is 22.9 Å². The summed E-state index contributed by atoms with van der Waals surface area (Å²) in [5.74, 6) is -0.535. The van der Waals surface area contributed by atoms with E-state index in [1.165, 1.54) is 18.4 Å². The lowest BCUT2D eigenvalue weighted by Gasteiger charge is -2.25. The number of benzene rings is 2. The molecule has 2 heterocycles. The Hall–Kier alpha value is -3.16. The summed E-state index contributed by atoms with van der Waals surface area (Å²) in [6.07, 6.45) is 1.86. The minimum atomic E-state index is -0.718. The molecule has 1 aliphatic rings. The normalized spacial score (nSPS) is 15.7. The van der Waals surface area contributed by atoms with Gasteiger partial charge in [-0.3, -0.25) is 9.36 Å². The Bertz CT molecular complexity index is 1430. The molecule has 6 nitrogen and oxygen atoms in total. The van der Waals surface area contributed by atoms with E-state index in [4.69, 9.17) is 16.3 Å². The van der Waals surface area contributed by atoms with E-state index in [0.29, 0.717) is 31.2 Å². The van der Waals surface area contributed by atoms with Crippen molar-refractivity contribution in [1.82, 2.24) is 4.57 Å². The number of hydrogen-bond acceptors (Lipinski definition) is 6. The van der Waals surface area contributed by atoms with Gasteiger partial charge in [-0.05, 0) is 56.2 Å². The number of fused-ring (bicyclic) bond motifs is 1. The van der Waals surface area contributed by atoms with Crippen LogP contribution in [0.1, 0.15) is 37.9 Å². The number of nitrogens with zero attached hydrogens (tertiary/aromatic N) is 3. The summed E-state index contributed by atoms with van der Waals surface area (Å²) in [7, 11) is 1.32. The Morgan fingerprint density at radius 3 is 2.47 bits per heavy atom. The fourth-order valence-corrected chi connectivity index (χ4v) is 5.49. The highest BCUT2D eigenvalue weighted by atomic mass is 35.5. The molecule has 0 bridgehead atoms. The quantitative estimate of drug-likeness (QED) is 0.486. The molecule has 1 aromatic heterocycles. The van der Waals surface area contributed by atoms with Crippen LogP contribution < -0.4 is 19.8 Å². The second kappa shape index (κ2) is 9.99. The average molecular weight is 496 g/mol. The van der Waals surface area contributed by atoms with Crippen LogP contribution in [0.4, 0.5) is 5.69 Å². The van der Waals surface area contributed by atoms with E-state index in [1.807, 2.05) is 36.4 Å². The maximum atomic E-state index is 13.6. The molecule has 0 N–H and O–H groups in total. The van der Waals surface area contributed by atoms with Crippen molar-refractivity contribution < 1.29 is 9.53 Å². The third-order valence-electron chi connectivity index (χ3n) is 5.95. The summed E-state index contributed by atoms with van der Waals surface area (Å²) in [4.78, 5) is 33.7. The predicted molar refractivity (Wildman–Crippen MR) is 137 cm³/mol. The molecule has 0 saturated heterocycles. The lowest BCUT2D eigenvalue weighted by Crippen LogP contribution is -2.39. The highest BCUT2D eigenvalue weighted by molar-refractivity contribution is 7.07. The summed E-state index contributed by atoms with van der Waals surface area (Å²) in [5, 5.41) is 0.463. The van der Waals surface area contributed by atoms with Gasteiger partial charge in [-0.2, -0.15) is 0 Å². The maximum Gasteiger partial charge on any atom is 0.338 e. The van der Waals surface area contributed by atoms with Crippen molar-refractivity contribution in [1.29, 1.82) is 0 Å². The van der Waals surface area contributed by atoms with Gasteiger partial charge in [-0.1, -0.05) is 53.3 Å². The Morgan fingerprint density at radius 2 is 1.85 bits per heavy atom. The molecule has 0 radical (unpaired) electrons. The molecule has 1 atom stereocenters. The van der Waals surface area contributed by atoms with E-state index in [2.05, 4.69) is 35.9 Å². The van der Waals surface area contributed by atoms with Gasteiger partial charge in [-0.15, -0.1) is 0 Å². The van der Waals surface area contributed by atoms with Gasteiger partial charge in [0, 0.05) is 23.8 Å². The van der Waals surface area contributed by atoms with Crippen molar-refractivity contribution in [2.75, 3.05) is 25.1 Å². The fourth-order valence-electron chi connectivity index (χ4n) is 4.21. The van der Waals surface area contributed by atoms with E-state index < -0.39 is 12.0 Å². The third kappa shape index (κ3) is 4.33. The highest BCUT2D eigenvalue weighted by Crippen LogP contribution is 2.34. The molecule has 34 heavy (non-hydrogen) atoms. The Balaban J connectivity index is 1.88. The smallest absolute Gasteiger partial charge is 0.338 e. The molecule has 0 fully saturated rings. The van der Waals surface area contributed by atoms with E-state index in [0.717, 1.165) is 24.3 Å². The number of allylic oxidation sites excluding steroid dienone is 1. The maximum absolute atomic E-state index is 13.6. The molecule has 4 rings (SSSR count). The largest absolute Gasteiger partial charge is 0.466 e. The zero-order valence-electron chi connectivity index (χ0n) is 19.5. The van der Waals surface area contributed by atoms with Gasteiger partial charge in [-0.25, -0.2) is 9.79 Å². The van der Waals surface area contributed by atoms with Crippen LogP contribution in [-0.4, -0.2) is 30.7 Å². The van der Waals surface area contributed by atoms with Crippen LogP contribution in [0.3, 0.4) is 0 Å². The molecule has 3 aromatic rings. The van der Waals surface area contributed by atoms with Crippen LogP contribution in [0.15, 0.2) is 69.6 Å². The van der Waals surface area contributed by atoms with Gasteiger partial charge in [0.15, 0.2) is 4.80 Å². The van der Waals surface area contributed by atoms with E-state index in [-0.39, 0.29) is 5.56 Å². The number of methoxy groups -OCH3 is 1. The van der Waals surface area contributed by atoms with Crippen molar-refractivity contribution in [2.24, 2.45) is 4.99 Å². The van der Waals surface area contributed by atoms with E-state index in [9.17, 15) is 9.59 Å². The van der Waals surface area contributed by atoms with E-state index in [1.54, 1.807) is 17.6 Å². The van der Waals surface area contributed by atoms with Crippen LogP contribution in [0.25, 0.3) is 6.08 Å². The first kappa shape index (κ1) is 24.0. The molecule has 0 unspecified atom stereocenters. The molecular formula is C26H26ClN3O3S. The zero-order valence-corrected chi connectivity index (χ0v) is 21.1. The highest BCUT2D eigenvalue weighted by Gasteiger charge is 2.34. The fraction of sp³-hybridized carbons (Fsp3) is 0.269. The topological polar surface area (TPSA) is 63.9 Å². The molecule has 176 valence electrons. The summed E-state index contributed by atoms with van der Waals surface area (Å²) in [5.41, 5.74) is 3.29. The van der Waals surface area contributed by atoms with Crippen LogP contribution in [-0.2, 0) is 9.53 Å². The van der Waals surface area contributed by atoms with Crippen LogP contribution in [0.5, 0.6) is 0 Å². The Labute approximate surface area is 207 Å². The van der Waals surface area contributed by atoms with Gasteiger partial charge < -0.3 is 9.64 Å². The second-order valence-corrected chi connectivity index (χ2v) is 9.28. The number of esters is 1. The first-order chi connectivity index (χ1) is 16.4. The number of rotatable bonds is 6. The number of carbonyl (C=O) groups excluding carboxylic acids is 1. The number of thiazole rings is 1. The van der Waals surface area contributed by atoms with Crippen molar-refractivity contribution >= 4 is 40.7 Å². The van der Waals surface area contributed by atoms with Crippen molar-refractivity contribution in [2.45, 2.75) is 26.8 Å². The molecule has 0 spiro atoms. The number of halogens is 1. The molecule has 0 amide bonds. The predicted octanol–water partition coefficient (Wildman–Crippen LogP) is 3.91. The first-order valence-corrected chi connectivity index (χ1v) is 12.3. The lowest BCUT2D eigenvalue weighted by atomic mass is 9.96. The van der Waals surface area contributed by atoms with E-state index >= 15 is 0 Å². The number of hydrogen-bond donors (Lipinski definition) is 0.